The third-order valence-electron chi connectivity index (χ3n) is 2.90. The fourth-order valence-electron chi connectivity index (χ4n) is 2.17. The van der Waals surface area contributed by atoms with Gasteiger partial charge in [0.2, 0.25) is 0 Å². The van der Waals surface area contributed by atoms with E-state index in [4.69, 9.17) is 10.2 Å². The number of benzene rings is 1. The molecule has 0 radical (unpaired) electrons. The van der Waals surface area contributed by atoms with E-state index in [0.717, 1.165) is 0 Å². The lowest BCUT2D eigenvalue weighted by atomic mass is 9.99. The van der Waals surface area contributed by atoms with Gasteiger partial charge in [0.15, 0.2) is 11.6 Å². The van der Waals surface area contributed by atoms with Crippen LogP contribution in [-0.2, 0) is 0 Å². The summed E-state index contributed by atoms with van der Waals surface area (Å²) >= 11 is 0. The van der Waals surface area contributed by atoms with Gasteiger partial charge < -0.3 is 10.2 Å². The van der Waals surface area contributed by atoms with Gasteiger partial charge in [0.05, 0.1) is 18.2 Å². The number of rotatable bonds is 1. The monoisotopic (exact) mass is 227 g/mol. The number of hydrogen-bond donors (Lipinski definition) is 1. The normalized spacial score (nSPS) is 14.1. The van der Waals surface area contributed by atoms with Crippen LogP contribution in [0.25, 0.3) is 11.3 Å². The van der Waals surface area contributed by atoms with E-state index >= 15 is 0 Å². The number of nitrogens with two attached hydrogens (primary N) is 1. The van der Waals surface area contributed by atoms with Gasteiger partial charge in [0.25, 0.3) is 0 Å². The molecular formula is C13H9NO3. The van der Waals surface area contributed by atoms with Gasteiger partial charge in [-0.3, -0.25) is 9.59 Å². The summed E-state index contributed by atoms with van der Waals surface area (Å²) in [6.07, 6.45) is 1.43. The smallest absolute Gasteiger partial charge is 0.173 e. The molecule has 1 aliphatic rings. The van der Waals surface area contributed by atoms with Gasteiger partial charge in [0, 0.05) is 16.8 Å². The molecule has 3 rings (SSSR count). The van der Waals surface area contributed by atoms with Crippen LogP contribution in [0.4, 0.5) is 5.69 Å². The second kappa shape index (κ2) is 3.31. The lowest BCUT2D eigenvalue weighted by Gasteiger charge is -2.06. The quantitative estimate of drug-likeness (QED) is 0.599. The standard InChI is InChI=1S/C13H9NO3/c14-8-4-3-7(11-2-1-5-17-11)12-9(15)6-10(16)13(8)12/h1-5H,6,14H2. The second-order valence-corrected chi connectivity index (χ2v) is 3.95. The number of carbonyl (C=O) groups excluding carboxylic acids is 2. The number of hydrogen-bond acceptors (Lipinski definition) is 4. The molecule has 0 saturated heterocycles. The van der Waals surface area contributed by atoms with E-state index in [1.165, 1.54) is 6.26 Å². The Bertz CT molecular complexity index is 626. The summed E-state index contributed by atoms with van der Waals surface area (Å²) in [5, 5.41) is 0. The molecule has 0 unspecified atom stereocenters. The number of Topliss-reactive ketones (excluding diaryl/α,β-unsaturated/α-hetero) is 2. The van der Waals surface area contributed by atoms with Gasteiger partial charge in [-0.25, -0.2) is 0 Å². The van der Waals surface area contributed by atoms with E-state index in [1.54, 1.807) is 24.3 Å². The minimum atomic E-state index is -0.212. The molecule has 1 aromatic heterocycles. The summed E-state index contributed by atoms with van der Waals surface area (Å²) in [5.41, 5.74) is 7.46. The van der Waals surface area contributed by atoms with Crippen LogP contribution in [0.15, 0.2) is 34.9 Å². The zero-order valence-corrected chi connectivity index (χ0v) is 8.90. The van der Waals surface area contributed by atoms with Crippen molar-refractivity contribution in [2.45, 2.75) is 6.42 Å². The second-order valence-electron chi connectivity index (χ2n) is 3.95. The first-order valence-corrected chi connectivity index (χ1v) is 5.21. The molecule has 0 fully saturated rings. The average molecular weight is 227 g/mol. The molecule has 2 aromatic rings. The van der Waals surface area contributed by atoms with Gasteiger partial charge in [0.1, 0.15) is 5.76 Å². The SMILES string of the molecule is Nc1ccc(-c2ccco2)c2c1C(=O)CC2=O. The molecule has 4 heteroatoms. The Kier molecular flexibility index (Phi) is 1.92. The third kappa shape index (κ3) is 1.30. The number of nitrogen functional groups attached to an aromatic ring is 1. The predicted molar refractivity (Wildman–Crippen MR) is 61.8 cm³/mol. The predicted octanol–water partition coefficient (Wildman–Crippen LogP) is 2.30. The molecule has 1 heterocycles. The van der Waals surface area contributed by atoms with Crippen molar-refractivity contribution in [3.8, 4) is 11.3 Å². The highest BCUT2D eigenvalue weighted by Gasteiger charge is 2.32. The highest BCUT2D eigenvalue weighted by Crippen LogP contribution is 2.35. The number of ketones is 2. The Morgan fingerprint density at radius 1 is 1.06 bits per heavy atom. The first-order chi connectivity index (χ1) is 8.18. The molecule has 1 aliphatic carbocycles. The Morgan fingerprint density at radius 3 is 2.53 bits per heavy atom. The molecule has 84 valence electrons. The Hall–Kier alpha value is -2.36. The molecule has 1 aromatic carbocycles. The minimum absolute atomic E-state index is 0.0999. The van der Waals surface area contributed by atoms with Gasteiger partial charge in [-0.2, -0.15) is 0 Å². The third-order valence-corrected chi connectivity index (χ3v) is 2.90. The lowest BCUT2D eigenvalue weighted by Crippen LogP contribution is -2.00. The van der Waals surface area contributed by atoms with Crippen molar-refractivity contribution in [2.75, 3.05) is 5.73 Å². The van der Waals surface area contributed by atoms with E-state index in [9.17, 15) is 9.59 Å². The van der Waals surface area contributed by atoms with Crippen molar-refractivity contribution in [1.82, 2.24) is 0 Å². The highest BCUT2D eigenvalue weighted by atomic mass is 16.3. The van der Waals surface area contributed by atoms with E-state index < -0.39 is 0 Å². The summed E-state index contributed by atoms with van der Waals surface area (Å²) in [4.78, 5) is 23.5. The molecule has 0 amide bonds. The van der Waals surface area contributed by atoms with Crippen molar-refractivity contribution < 1.29 is 14.0 Å². The fourth-order valence-corrected chi connectivity index (χ4v) is 2.17. The number of carbonyl (C=O) groups is 2. The molecule has 0 saturated carbocycles. The first-order valence-electron chi connectivity index (χ1n) is 5.21. The molecule has 0 spiro atoms. The van der Waals surface area contributed by atoms with Crippen molar-refractivity contribution >= 4 is 17.3 Å². The summed E-state index contributed by atoms with van der Waals surface area (Å²) in [5.74, 6) is 0.170. The van der Waals surface area contributed by atoms with Gasteiger partial charge in [-0.15, -0.1) is 0 Å². The number of furan rings is 1. The van der Waals surface area contributed by atoms with Gasteiger partial charge in [-0.1, -0.05) is 0 Å². The van der Waals surface area contributed by atoms with Crippen molar-refractivity contribution in [3.05, 3.63) is 41.7 Å². The van der Waals surface area contributed by atoms with Crippen molar-refractivity contribution in [1.29, 1.82) is 0 Å². The van der Waals surface area contributed by atoms with Crippen LogP contribution in [0.2, 0.25) is 0 Å². The number of anilines is 1. The summed E-state index contributed by atoms with van der Waals surface area (Å²) in [7, 11) is 0. The van der Waals surface area contributed by atoms with Crippen LogP contribution >= 0.6 is 0 Å². The van der Waals surface area contributed by atoms with E-state index in [0.29, 0.717) is 28.1 Å². The van der Waals surface area contributed by atoms with Crippen LogP contribution in [0, 0.1) is 0 Å². The topological polar surface area (TPSA) is 73.3 Å². The van der Waals surface area contributed by atoms with E-state index in [1.807, 2.05) is 0 Å². The highest BCUT2D eigenvalue weighted by molar-refractivity contribution is 6.28. The zero-order valence-electron chi connectivity index (χ0n) is 8.90. The number of fused-ring (bicyclic) bond motifs is 1. The van der Waals surface area contributed by atoms with Crippen LogP contribution in [0.3, 0.4) is 0 Å². The Balaban J connectivity index is 2.34. The maximum Gasteiger partial charge on any atom is 0.173 e. The van der Waals surface area contributed by atoms with Crippen LogP contribution in [0.1, 0.15) is 27.1 Å². The maximum atomic E-state index is 11.8. The fraction of sp³-hybridized carbons (Fsp3) is 0.0769. The Labute approximate surface area is 97.0 Å². The van der Waals surface area contributed by atoms with Crippen molar-refractivity contribution in [3.63, 3.8) is 0 Å². The molecule has 0 atom stereocenters. The maximum absolute atomic E-state index is 11.8. The van der Waals surface area contributed by atoms with E-state index in [-0.39, 0.29) is 18.0 Å². The van der Waals surface area contributed by atoms with Crippen LogP contribution in [0.5, 0.6) is 0 Å². The van der Waals surface area contributed by atoms with Gasteiger partial charge >= 0.3 is 0 Å². The van der Waals surface area contributed by atoms with Crippen molar-refractivity contribution in [2.24, 2.45) is 0 Å². The molecule has 0 bridgehead atoms. The zero-order chi connectivity index (χ0) is 12.0. The van der Waals surface area contributed by atoms with Crippen LogP contribution in [-0.4, -0.2) is 11.6 Å². The average Bonchev–Trinajstić information content (AvgIpc) is 2.89. The molecule has 4 nitrogen and oxygen atoms in total. The molecule has 17 heavy (non-hydrogen) atoms. The van der Waals surface area contributed by atoms with E-state index in [2.05, 4.69) is 0 Å². The molecule has 0 aliphatic heterocycles. The lowest BCUT2D eigenvalue weighted by molar-refractivity contribution is 0.0923. The Morgan fingerprint density at radius 2 is 1.82 bits per heavy atom. The first kappa shape index (κ1) is 9.84. The largest absolute Gasteiger partial charge is 0.464 e. The molecule has 2 N–H and O–H groups in total. The minimum Gasteiger partial charge on any atom is -0.464 e. The van der Waals surface area contributed by atoms with Gasteiger partial charge in [-0.05, 0) is 24.3 Å². The molecular weight excluding hydrogens is 218 g/mol. The van der Waals surface area contributed by atoms with Crippen LogP contribution < -0.4 is 5.73 Å². The summed E-state index contributed by atoms with van der Waals surface area (Å²) < 4.78 is 5.26. The summed E-state index contributed by atoms with van der Waals surface area (Å²) in [6.45, 7) is 0. The summed E-state index contributed by atoms with van der Waals surface area (Å²) in [6, 6.07) is 6.83.